The first-order valence-electron chi connectivity index (χ1n) is 5.67. The second kappa shape index (κ2) is 4.94. The van der Waals surface area contributed by atoms with Crippen molar-refractivity contribution in [3.8, 4) is 0 Å². The highest BCUT2D eigenvalue weighted by atomic mass is 16.2. The van der Waals surface area contributed by atoms with Crippen molar-refractivity contribution in [3.05, 3.63) is 0 Å². The molecule has 1 heterocycles. The van der Waals surface area contributed by atoms with E-state index >= 15 is 0 Å². The zero-order valence-corrected chi connectivity index (χ0v) is 10.1. The molecule has 4 heteroatoms. The van der Waals surface area contributed by atoms with E-state index in [-0.39, 0.29) is 11.3 Å². The zero-order chi connectivity index (χ0) is 11.5. The summed E-state index contributed by atoms with van der Waals surface area (Å²) in [6.07, 6.45) is 0. The Morgan fingerprint density at radius 2 is 1.73 bits per heavy atom. The summed E-state index contributed by atoms with van der Waals surface area (Å²) >= 11 is 0. The Labute approximate surface area is 92.4 Å². The molecule has 0 spiro atoms. The van der Waals surface area contributed by atoms with Crippen LogP contribution in [0.5, 0.6) is 0 Å². The van der Waals surface area contributed by atoms with Gasteiger partial charge in [-0.05, 0) is 0 Å². The molecule has 1 aliphatic heterocycles. The molecule has 0 saturated carbocycles. The van der Waals surface area contributed by atoms with E-state index < -0.39 is 0 Å². The van der Waals surface area contributed by atoms with E-state index in [0.717, 1.165) is 32.7 Å². The quantitative estimate of drug-likeness (QED) is 0.709. The van der Waals surface area contributed by atoms with Gasteiger partial charge in [-0.3, -0.25) is 9.69 Å². The van der Waals surface area contributed by atoms with Crippen LogP contribution in [0.1, 0.15) is 20.8 Å². The fourth-order valence-electron chi connectivity index (χ4n) is 1.83. The van der Waals surface area contributed by atoms with Gasteiger partial charge in [0.2, 0.25) is 5.91 Å². The molecular weight excluding hydrogens is 190 g/mol. The Balaban J connectivity index is 2.41. The lowest BCUT2D eigenvalue weighted by molar-refractivity contribution is -0.141. The van der Waals surface area contributed by atoms with E-state index in [4.69, 9.17) is 5.73 Å². The summed E-state index contributed by atoms with van der Waals surface area (Å²) in [4.78, 5) is 16.2. The normalized spacial score (nSPS) is 19.3. The minimum absolute atomic E-state index is 0.254. The van der Waals surface area contributed by atoms with Gasteiger partial charge in [0.1, 0.15) is 0 Å². The van der Waals surface area contributed by atoms with Crippen LogP contribution in [0.4, 0.5) is 0 Å². The van der Waals surface area contributed by atoms with Gasteiger partial charge in [0.25, 0.3) is 0 Å². The molecule has 15 heavy (non-hydrogen) atoms. The molecule has 88 valence electrons. The Morgan fingerprint density at radius 3 is 2.13 bits per heavy atom. The average molecular weight is 213 g/mol. The molecule has 1 fully saturated rings. The summed E-state index contributed by atoms with van der Waals surface area (Å²) in [5, 5.41) is 0. The second-order valence-electron chi connectivity index (χ2n) is 5.17. The van der Waals surface area contributed by atoms with E-state index in [1.54, 1.807) is 0 Å². The van der Waals surface area contributed by atoms with E-state index in [9.17, 15) is 4.79 Å². The van der Waals surface area contributed by atoms with Crippen molar-refractivity contribution < 1.29 is 4.79 Å². The number of hydrogen-bond acceptors (Lipinski definition) is 3. The number of carbonyl (C=O) groups excluding carboxylic acids is 1. The molecule has 0 unspecified atom stereocenters. The fourth-order valence-corrected chi connectivity index (χ4v) is 1.83. The molecule has 0 aromatic rings. The van der Waals surface area contributed by atoms with Crippen LogP contribution in [0.25, 0.3) is 0 Å². The van der Waals surface area contributed by atoms with Gasteiger partial charge >= 0.3 is 0 Å². The van der Waals surface area contributed by atoms with Crippen LogP contribution in [0, 0.1) is 5.41 Å². The highest BCUT2D eigenvalue weighted by Crippen LogP contribution is 2.18. The maximum Gasteiger partial charge on any atom is 0.228 e. The van der Waals surface area contributed by atoms with Crippen LogP contribution in [0.3, 0.4) is 0 Å². The van der Waals surface area contributed by atoms with Gasteiger partial charge in [-0.2, -0.15) is 0 Å². The SMILES string of the molecule is CC(C)(C)C(=O)N1CCN(CCN)CC1. The van der Waals surface area contributed by atoms with Crippen molar-refractivity contribution in [1.29, 1.82) is 0 Å². The van der Waals surface area contributed by atoms with Crippen LogP contribution in [-0.4, -0.2) is 55.0 Å². The molecule has 0 aromatic carbocycles. The highest BCUT2D eigenvalue weighted by molar-refractivity contribution is 5.81. The maximum atomic E-state index is 12.0. The molecule has 0 aromatic heterocycles. The van der Waals surface area contributed by atoms with Crippen molar-refractivity contribution in [3.63, 3.8) is 0 Å². The summed E-state index contributed by atoms with van der Waals surface area (Å²) in [6, 6.07) is 0. The number of hydrogen-bond donors (Lipinski definition) is 1. The smallest absolute Gasteiger partial charge is 0.228 e. The average Bonchev–Trinajstić information content (AvgIpc) is 2.17. The van der Waals surface area contributed by atoms with Crippen LogP contribution in [0.2, 0.25) is 0 Å². The van der Waals surface area contributed by atoms with Crippen LogP contribution in [0.15, 0.2) is 0 Å². The van der Waals surface area contributed by atoms with Gasteiger partial charge in [0, 0.05) is 44.7 Å². The Hall–Kier alpha value is -0.610. The Morgan fingerprint density at radius 1 is 1.20 bits per heavy atom. The van der Waals surface area contributed by atoms with E-state index in [0.29, 0.717) is 6.54 Å². The van der Waals surface area contributed by atoms with Crippen LogP contribution >= 0.6 is 0 Å². The number of carbonyl (C=O) groups is 1. The Kier molecular flexibility index (Phi) is 4.11. The van der Waals surface area contributed by atoms with Crippen molar-refractivity contribution in [2.45, 2.75) is 20.8 Å². The van der Waals surface area contributed by atoms with E-state index in [1.807, 2.05) is 25.7 Å². The molecular formula is C11H23N3O. The second-order valence-corrected chi connectivity index (χ2v) is 5.17. The molecule has 0 radical (unpaired) electrons. The third-order valence-corrected chi connectivity index (χ3v) is 2.75. The summed E-state index contributed by atoms with van der Waals surface area (Å²) in [6.45, 7) is 11.2. The van der Waals surface area contributed by atoms with Crippen LogP contribution < -0.4 is 5.73 Å². The van der Waals surface area contributed by atoms with E-state index in [2.05, 4.69) is 4.90 Å². The van der Waals surface area contributed by atoms with Gasteiger partial charge in [0.05, 0.1) is 0 Å². The predicted octanol–water partition coefficient (Wildman–Crippen LogP) is 0.135. The molecule has 1 saturated heterocycles. The van der Waals surface area contributed by atoms with Gasteiger partial charge in [-0.15, -0.1) is 0 Å². The van der Waals surface area contributed by atoms with Crippen molar-refractivity contribution in [1.82, 2.24) is 9.80 Å². The first kappa shape index (κ1) is 12.5. The predicted molar refractivity (Wildman–Crippen MR) is 61.5 cm³/mol. The molecule has 0 bridgehead atoms. The highest BCUT2D eigenvalue weighted by Gasteiger charge is 2.29. The van der Waals surface area contributed by atoms with Gasteiger partial charge in [-0.1, -0.05) is 20.8 Å². The fraction of sp³-hybridized carbons (Fsp3) is 0.909. The minimum atomic E-state index is -0.254. The number of amides is 1. The third-order valence-electron chi connectivity index (χ3n) is 2.75. The summed E-state index contributed by atoms with van der Waals surface area (Å²) in [5.41, 5.74) is 5.25. The van der Waals surface area contributed by atoms with Gasteiger partial charge in [-0.25, -0.2) is 0 Å². The first-order chi connectivity index (χ1) is 6.95. The van der Waals surface area contributed by atoms with Crippen molar-refractivity contribution in [2.24, 2.45) is 11.1 Å². The summed E-state index contributed by atoms with van der Waals surface area (Å²) < 4.78 is 0. The van der Waals surface area contributed by atoms with Crippen molar-refractivity contribution >= 4 is 5.91 Å². The Bertz CT molecular complexity index is 214. The molecule has 1 amide bonds. The standard InChI is InChI=1S/C11H23N3O/c1-11(2,3)10(15)14-8-6-13(5-4-12)7-9-14/h4-9,12H2,1-3H3. The number of nitrogens with zero attached hydrogens (tertiary/aromatic N) is 2. The lowest BCUT2D eigenvalue weighted by atomic mass is 9.94. The monoisotopic (exact) mass is 213 g/mol. The van der Waals surface area contributed by atoms with Crippen molar-refractivity contribution in [2.75, 3.05) is 39.3 Å². The largest absolute Gasteiger partial charge is 0.340 e. The molecule has 4 nitrogen and oxygen atoms in total. The third kappa shape index (κ3) is 3.47. The molecule has 0 aliphatic carbocycles. The first-order valence-corrected chi connectivity index (χ1v) is 5.67. The molecule has 0 atom stereocenters. The van der Waals surface area contributed by atoms with Crippen LogP contribution in [-0.2, 0) is 4.79 Å². The van der Waals surface area contributed by atoms with E-state index in [1.165, 1.54) is 0 Å². The maximum absolute atomic E-state index is 12.0. The topological polar surface area (TPSA) is 49.6 Å². The zero-order valence-electron chi connectivity index (χ0n) is 10.1. The summed E-state index contributed by atoms with van der Waals surface area (Å²) in [5.74, 6) is 0.259. The summed E-state index contributed by atoms with van der Waals surface area (Å²) in [7, 11) is 0. The number of rotatable bonds is 2. The lowest BCUT2D eigenvalue weighted by Gasteiger charge is -2.37. The number of piperazine rings is 1. The molecule has 1 rings (SSSR count). The van der Waals surface area contributed by atoms with Gasteiger partial charge < -0.3 is 10.6 Å². The number of nitrogens with two attached hydrogens (primary N) is 1. The minimum Gasteiger partial charge on any atom is -0.340 e. The lowest BCUT2D eigenvalue weighted by Crippen LogP contribution is -2.52. The molecule has 1 aliphatic rings. The van der Waals surface area contributed by atoms with Gasteiger partial charge in [0.15, 0.2) is 0 Å². The molecule has 2 N–H and O–H groups in total.